The molecule has 0 aliphatic heterocycles. The largest absolute Gasteiger partial charge is 0.497 e. The van der Waals surface area contributed by atoms with Gasteiger partial charge in [-0.3, -0.25) is 14.6 Å². The fourth-order valence-corrected chi connectivity index (χ4v) is 2.64. The molecule has 0 aliphatic rings. The number of aromatic nitrogens is 1. The molecule has 1 heterocycles. The van der Waals surface area contributed by atoms with E-state index >= 15 is 0 Å². The lowest BCUT2D eigenvalue weighted by molar-refractivity contribution is 0.0950. The second-order valence-electron chi connectivity index (χ2n) is 6.27. The van der Waals surface area contributed by atoms with Gasteiger partial charge in [-0.25, -0.2) is 4.39 Å². The van der Waals surface area contributed by atoms with Gasteiger partial charge in [-0.15, -0.1) is 0 Å². The van der Waals surface area contributed by atoms with E-state index in [4.69, 9.17) is 4.74 Å². The number of amides is 2. The van der Waals surface area contributed by atoms with Crippen molar-refractivity contribution in [2.75, 3.05) is 7.11 Å². The highest BCUT2D eigenvalue weighted by Crippen LogP contribution is 2.11. The lowest BCUT2D eigenvalue weighted by atomic mass is 10.1. The molecule has 0 bridgehead atoms. The summed E-state index contributed by atoms with van der Waals surface area (Å²) in [7, 11) is 1.59. The predicted molar refractivity (Wildman–Crippen MR) is 106 cm³/mol. The zero-order valence-electron chi connectivity index (χ0n) is 15.8. The van der Waals surface area contributed by atoms with Crippen molar-refractivity contribution < 1.29 is 18.7 Å². The molecule has 0 saturated carbocycles. The second-order valence-corrected chi connectivity index (χ2v) is 6.27. The summed E-state index contributed by atoms with van der Waals surface area (Å²) in [4.78, 5) is 28.7. The van der Waals surface area contributed by atoms with Crippen LogP contribution in [0.4, 0.5) is 4.39 Å². The number of carbonyl (C=O) groups is 2. The molecule has 0 spiro atoms. The van der Waals surface area contributed by atoms with Crippen LogP contribution in [0.2, 0.25) is 0 Å². The van der Waals surface area contributed by atoms with E-state index < -0.39 is 11.7 Å². The number of carbonyl (C=O) groups excluding carboxylic acids is 2. The Bertz CT molecular complexity index is 1010. The fraction of sp³-hybridized carbons (Fsp3) is 0.136. The Morgan fingerprint density at radius 2 is 1.55 bits per heavy atom. The van der Waals surface area contributed by atoms with Crippen LogP contribution >= 0.6 is 0 Å². The van der Waals surface area contributed by atoms with Crippen LogP contribution in [0, 0.1) is 5.82 Å². The number of benzene rings is 2. The average Bonchev–Trinajstić information content (AvgIpc) is 2.77. The molecule has 0 atom stereocenters. The van der Waals surface area contributed by atoms with E-state index in [1.54, 1.807) is 25.3 Å². The normalized spacial score (nSPS) is 10.3. The molecule has 3 rings (SSSR count). The topological polar surface area (TPSA) is 80.3 Å². The smallest absolute Gasteiger partial charge is 0.253 e. The van der Waals surface area contributed by atoms with Crippen LogP contribution in [0.1, 0.15) is 31.8 Å². The van der Waals surface area contributed by atoms with Crippen LogP contribution in [-0.4, -0.2) is 23.9 Å². The first-order valence-electron chi connectivity index (χ1n) is 8.94. The van der Waals surface area contributed by atoms with Gasteiger partial charge in [0, 0.05) is 31.0 Å². The SMILES string of the molecule is COc1ccc(CNC(=O)c2cncc(C(=O)NCc3ccccc3F)c2)cc1. The first-order valence-corrected chi connectivity index (χ1v) is 8.94. The number of nitrogens with one attached hydrogen (secondary N) is 2. The van der Waals surface area contributed by atoms with E-state index in [2.05, 4.69) is 15.6 Å². The van der Waals surface area contributed by atoms with Crippen LogP contribution in [0.15, 0.2) is 67.0 Å². The van der Waals surface area contributed by atoms with E-state index in [0.717, 1.165) is 11.3 Å². The van der Waals surface area contributed by atoms with Crippen molar-refractivity contribution in [2.45, 2.75) is 13.1 Å². The van der Waals surface area contributed by atoms with Crippen molar-refractivity contribution in [3.8, 4) is 5.75 Å². The van der Waals surface area contributed by atoms with Gasteiger partial charge in [0.2, 0.25) is 0 Å². The molecule has 2 amide bonds. The number of ether oxygens (including phenoxy) is 1. The maximum Gasteiger partial charge on any atom is 0.253 e. The molecule has 0 aliphatic carbocycles. The summed E-state index contributed by atoms with van der Waals surface area (Å²) >= 11 is 0. The van der Waals surface area contributed by atoms with Gasteiger partial charge in [0.25, 0.3) is 11.8 Å². The van der Waals surface area contributed by atoms with Crippen LogP contribution in [0.3, 0.4) is 0 Å². The minimum absolute atomic E-state index is 0.0411. The Morgan fingerprint density at radius 1 is 0.931 bits per heavy atom. The lowest BCUT2D eigenvalue weighted by Gasteiger charge is -2.09. The van der Waals surface area contributed by atoms with Gasteiger partial charge in [0.05, 0.1) is 18.2 Å². The Labute approximate surface area is 167 Å². The second kappa shape index (κ2) is 9.45. The third kappa shape index (κ3) is 5.38. The van der Waals surface area contributed by atoms with E-state index in [1.807, 2.05) is 24.3 Å². The maximum absolute atomic E-state index is 13.7. The molecule has 0 unspecified atom stereocenters. The Morgan fingerprint density at radius 3 is 2.17 bits per heavy atom. The molecule has 7 heteroatoms. The summed E-state index contributed by atoms with van der Waals surface area (Å²) in [6.07, 6.45) is 2.74. The first kappa shape index (κ1) is 20.0. The minimum Gasteiger partial charge on any atom is -0.497 e. The van der Waals surface area contributed by atoms with Gasteiger partial charge in [-0.05, 0) is 29.8 Å². The lowest BCUT2D eigenvalue weighted by Crippen LogP contribution is -2.26. The minimum atomic E-state index is -0.439. The van der Waals surface area contributed by atoms with E-state index in [1.165, 1.54) is 24.5 Å². The summed E-state index contributed by atoms with van der Waals surface area (Å²) in [5.41, 5.74) is 1.77. The highest BCUT2D eigenvalue weighted by atomic mass is 19.1. The summed E-state index contributed by atoms with van der Waals surface area (Å²) < 4.78 is 18.8. The van der Waals surface area contributed by atoms with Crippen LogP contribution in [0.5, 0.6) is 5.75 Å². The summed E-state index contributed by atoms with van der Waals surface area (Å²) in [5.74, 6) is -0.446. The summed E-state index contributed by atoms with van der Waals surface area (Å²) in [6.45, 7) is 0.367. The van der Waals surface area contributed by atoms with Crippen LogP contribution < -0.4 is 15.4 Å². The number of methoxy groups -OCH3 is 1. The molecule has 29 heavy (non-hydrogen) atoms. The van der Waals surface area contributed by atoms with Crippen LogP contribution in [-0.2, 0) is 13.1 Å². The molecule has 0 fully saturated rings. The van der Waals surface area contributed by atoms with Crippen molar-refractivity contribution in [3.05, 3.63) is 95.1 Å². The first-order chi connectivity index (χ1) is 14.1. The Kier molecular flexibility index (Phi) is 6.52. The number of rotatable bonds is 7. The third-order valence-electron chi connectivity index (χ3n) is 4.27. The fourth-order valence-electron chi connectivity index (χ4n) is 2.64. The summed E-state index contributed by atoms with van der Waals surface area (Å²) in [5, 5.41) is 5.41. The molecule has 3 aromatic rings. The van der Waals surface area contributed by atoms with Gasteiger partial charge in [0.15, 0.2) is 0 Å². The van der Waals surface area contributed by atoms with Gasteiger partial charge < -0.3 is 15.4 Å². The number of hydrogen-bond acceptors (Lipinski definition) is 4. The molecular weight excluding hydrogens is 373 g/mol. The van der Waals surface area contributed by atoms with Crippen molar-refractivity contribution in [3.63, 3.8) is 0 Å². The highest BCUT2D eigenvalue weighted by molar-refractivity contribution is 5.99. The van der Waals surface area contributed by atoms with Crippen LogP contribution in [0.25, 0.3) is 0 Å². The average molecular weight is 393 g/mol. The van der Waals surface area contributed by atoms with Gasteiger partial charge in [0.1, 0.15) is 11.6 Å². The number of nitrogens with zero attached hydrogens (tertiary/aromatic N) is 1. The molecule has 148 valence electrons. The zero-order valence-corrected chi connectivity index (χ0v) is 15.8. The molecule has 2 aromatic carbocycles. The monoisotopic (exact) mass is 393 g/mol. The maximum atomic E-state index is 13.7. The standard InChI is InChI=1S/C22H20FN3O3/c1-29-19-8-6-15(7-9-19)11-25-21(27)17-10-18(13-24-12-17)22(28)26-14-16-4-2-3-5-20(16)23/h2-10,12-13H,11,14H2,1H3,(H,25,27)(H,26,28). The third-order valence-corrected chi connectivity index (χ3v) is 4.27. The van der Waals surface area contributed by atoms with E-state index in [-0.39, 0.29) is 23.6 Å². The zero-order chi connectivity index (χ0) is 20.6. The highest BCUT2D eigenvalue weighted by Gasteiger charge is 2.12. The van der Waals surface area contributed by atoms with Crippen molar-refractivity contribution >= 4 is 11.8 Å². The molecule has 2 N–H and O–H groups in total. The van der Waals surface area contributed by atoms with Crippen molar-refractivity contribution in [1.82, 2.24) is 15.6 Å². The van der Waals surface area contributed by atoms with E-state index in [9.17, 15) is 14.0 Å². The summed E-state index contributed by atoms with van der Waals surface area (Å²) in [6, 6.07) is 15.0. The molecule has 1 aromatic heterocycles. The van der Waals surface area contributed by atoms with E-state index in [0.29, 0.717) is 12.1 Å². The van der Waals surface area contributed by atoms with Gasteiger partial charge in [-0.1, -0.05) is 30.3 Å². The van der Waals surface area contributed by atoms with Crippen molar-refractivity contribution in [2.24, 2.45) is 0 Å². The number of hydrogen-bond donors (Lipinski definition) is 2. The predicted octanol–water partition coefficient (Wildman–Crippen LogP) is 3.09. The van der Waals surface area contributed by atoms with Crippen molar-refractivity contribution in [1.29, 1.82) is 0 Å². The quantitative estimate of drug-likeness (QED) is 0.647. The molecule has 6 nitrogen and oxygen atoms in total. The van der Waals surface area contributed by atoms with Gasteiger partial charge >= 0.3 is 0 Å². The number of pyridine rings is 1. The number of halogens is 1. The Balaban J connectivity index is 1.59. The molecule has 0 radical (unpaired) electrons. The Hall–Kier alpha value is -3.74. The molecule has 0 saturated heterocycles. The molecular formula is C22H20FN3O3. The van der Waals surface area contributed by atoms with Gasteiger partial charge in [-0.2, -0.15) is 0 Å².